The summed E-state index contributed by atoms with van der Waals surface area (Å²) in [5.41, 5.74) is 1.02. The highest BCUT2D eigenvalue weighted by Gasteiger charge is 2.50. The van der Waals surface area contributed by atoms with Crippen molar-refractivity contribution in [2.45, 2.75) is 72.1 Å². The molecule has 0 fully saturated rings. The van der Waals surface area contributed by atoms with Crippen LogP contribution in [0.5, 0.6) is 0 Å². The first-order chi connectivity index (χ1) is 22.4. The molecule has 8 nitrogen and oxygen atoms in total. The van der Waals surface area contributed by atoms with Gasteiger partial charge in [-0.1, -0.05) is 119 Å². The summed E-state index contributed by atoms with van der Waals surface area (Å²) >= 11 is 0. The fourth-order valence-corrected chi connectivity index (χ4v) is 11.8. The molecule has 0 saturated heterocycles. The maximum atomic E-state index is 13.2. The average molecular weight is 683 g/mol. The van der Waals surface area contributed by atoms with Gasteiger partial charge in [-0.15, -0.1) is 0 Å². The summed E-state index contributed by atoms with van der Waals surface area (Å²) in [5, 5.41) is 2.00. The lowest BCUT2D eigenvalue weighted by atomic mass is 9.99. The molecule has 0 aromatic heterocycles. The van der Waals surface area contributed by atoms with Gasteiger partial charge in [0.1, 0.15) is 18.0 Å². The molecule has 3 aromatic carbocycles. The van der Waals surface area contributed by atoms with Gasteiger partial charge in [0.25, 0.3) is 8.32 Å². The summed E-state index contributed by atoms with van der Waals surface area (Å²) < 4.78 is 42.5. The third-order valence-electron chi connectivity index (χ3n) is 7.94. The third-order valence-corrected chi connectivity index (χ3v) is 14.9. The molecule has 47 heavy (non-hydrogen) atoms. The minimum atomic E-state index is -3.70. The molecule has 0 aliphatic carbocycles. The van der Waals surface area contributed by atoms with Crippen molar-refractivity contribution in [3.05, 3.63) is 96.6 Å². The van der Waals surface area contributed by atoms with E-state index in [9.17, 15) is 14.2 Å². The highest BCUT2D eigenvalue weighted by atomic mass is 31.2. The van der Waals surface area contributed by atoms with Crippen molar-refractivity contribution < 1.29 is 37.1 Å². The minimum absolute atomic E-state index is 0.0285. The standard InChI is InChI=1S/C37H51O8PSi/c1-7-42-46(40,43-8-2)29-36(39)45-35(26-32(38)24-25-41-28-31-18-12-9-13-19-31)30(3)27-44-47(37(4,5)6,33-20-14-10-15-21-33)34-22-16-11-17-23-34/h9-23,30,35H,7-8,24-29H2,1-6H3/t30-,35-/m1/s1. The van der Waals surface area contributed by atoms with E-state index >= 15 is 0 Å². The molecular weight excluding hydrogens is 631 g/mol. The number of rotatable bonds is 20. The van der Waals surface area contributed by atoms with E-state index in [-0.39, 0.29) is 56.0 Å². The number of benzene rings is 3. The fourth-order valence-electron chi connectivity index (χ4n) is 5.65. The Kier molecular flexibility index (Phi) is 15.2. The number of esters is 1. The van der Waals surface area contributed by atoms with Gasteiger partial charge < -0.3 is 22.9 Å². The average Bonchev–Trinajstić information content (AvgIpc) is 3.04. The molecule has 0 N–H and O–H groups in total. The van der Waals surface area contributed by atoms with Gasteiger partial charge in [-0.3, -0.25) is 14.2 Å². The van der Waals surface area contributed by atoms with E-state index < -0.39 is 34.1 Å². The summed E-state index contributed by atoms with van der Waals surface area (Å²) in [5.74, 6) is -1.22. The normalized spacial score (nSPS) is 13.6. The van der Waals surface area contributed by atoms with Crippen LogP contribution in [0.4, 0.5) is 0 Å². The first-order valence-corrected chi connectivity index (χ1v) is 20.0. The molecule has 0 radical (unpaired) electrons. The summed E-state index contributed by atoms with van der Waals surface area (Å²) in [6, 6.07) is 30.3. The highest BCUT2D eigenvalue weighted by molar-refractivity contribution is 7.54. The number of hydrogen-bond donors (Lipinski definition) is 0. The molecule has 0 amide bonds. The summed E-state index contributed by atoms with van der Waals surface area (Å²) in [6.45, 7) is 13.0. The van der Waals surface area contributed by atoms with Gasteiger partial charge in [0, 0.05) is 25.4 Å². The largest absolute Gasteiger partial charge is 0.461 e. The lowest BCUT2D eigenvalue weighted by Crippen LogP contribution is -2.67. The molecule has 10 heteroatoms. The van der Waals surface area contributed by atoms with E-state index in [0.29, 0.717) is 6.61 Å². The number of ketones is 1. The van der Waals surface area contributed by atoms with Crippen LogP contribution in [0.15, 0.2) is 91.0 Å². The topological polar surface area (TPSA) is 97.4 Å². The van der Waals surface area contributed by atoms with Gasteiger partial charge in [0.15, 0.2) is 0 Å². The second-order valence-electron chi connectivity index (χ2n) is 12.6. The SMILES string of the molecule is CCOP(=O)(CC(=O)O[C@H](CC(=O)CCOCc1ccccc1)[C@H](C)CO[Si](c1ccccc1)(c1ccccc1)C(C)(C)C)OCC. The van der Waals surface area contributed by atoms with Crippen LogP contribution in [0.3, 0.4) is 0 Å². The third kappa shape index (κ3) is 11.3. The zero-order valence-electron chi connectivity index (χ0n) is 28.7. The quantitative estimate of drug-likeness (QED) is 0.0547. The molecule has 0 saturated carbocycles. The number of carbonyl (C=O) groups is 2. The zero-order valence-corrected chi connectivity index (χ0v) is 30.6. The molecule has 0 spiro atoms. The van der Waals surface area contributed by atoms with Crippen molar-refractivity contribution in [2.75, 3.05) is 32.6 Å². The molecule has 2 atom stereocenters. The van der Waals surface area contributed by atoms with Crippen LogP contribution in [0.25, 0.3) is 0 Å². The number of ether oxygens (including phenoxy) is 2. The Bertz CT molecular complexity index is 1360. The van der Waals surface area contributed by atoms with Gasteiger partial charge in [-0.05, 0) is 34.8 Å². The van der Waals surface area contributed by atoms with Crippen molar-refractivity contribution in [3.63, 3.8) is 0 Å². The molecule has 0 aliphatic heterocycles. The maximum absolute atomic E-state index is 13.2. The van der Waals surface area contributed by atoms with Crippen LogP contribution in [-0.2, 0) is 43.7 Å². The van der Waals surface area contributed by atoms with Gasteiger partial charge in [-0.2, -0.15) is 0 Å². The van der Waals surface area contributed by atoms with Crippen molar-refractivity contribution in [1.82, 2.24) is 0 Å². The van der Waals surface area contributed by atoms with E-state index in [1.165, 1.54) is 0 Å². The maximum Gasteiger partial charge on any atom is 0.341 e. The van der Waals surface area contributed by atoms with E-state index in [1.807, 2.05) is 73.7 Å². The Labute approximate surface area is 281 Å². The van der Waals surface area contributed by atoms with Crippen LogP contribution < -0.4 is 10.4 Å². The monoisotopic (exact) mass is 682 g/mol. The first kappa shape index (κ1) is 38.5. The molecular formula is C37H51O8PSi. The van der Waals surface area contributed by atoms with Crippen molar-refractivity contribution in [1.29, 1.82) is 0 Å². The Morgan fingerprint density at radius 2 is 1.32 bits per heavy atom. The Morgan fingerprint density at radius 1 is 0.809 bits per heavy atom. The van der Waals surface area contributed by atoms with Crippen LogP contribution in [0, 0.1) is 5.92 Å². The van der Waals surface area contributed by atoms with Crippen LogP contribution in [0.1, 0.15) is 59.9 Å². The van der Waals surface area contributed by atoms with Crippen molar-refractivity contribution in [2.24, 2.45) is 5.92 Å². The predicted octanol–water partition coefficient (Wildman–Crippen LogP) is 6.94. The second kappa shape index (κ2) is 18.6. The molecule has 3 rings (SSSR count). The Balaban J connectivity index is 1.82. The molecule has 3 aromatic rings. The highest BCUT2D eigenvalue weighted by Crippen LogP contribution is 2.48. The first-order valence-electron chi connectivity index (χ1n) is 16.4. The van der Waals surface area contributed by atoms with E-state index in [0.717, 1.165) is 15.9 Å². The predicted molar refractivity (Wildman–Crippen MR) is 189 cm³/mol. The lowest BCUT2D eigenvalue weighted by molar-refractivity contribution is -0.150. The van der Waals surface area contributed by atoms with Gasteiger partial charge in [0.05, 0.1) is 26.4 Å². The van der Waals surface area contributed by atoms with Gasteiger partial charge in [-0.25, -0.2) is 0 Å². The molecule has 256 valence electrons. The van der Waals surface area contributed by atoms with Crippen LogP contribution in [-0.4, -0.2) is 58.8 Å². The number of carbonyl (C=O) groups excluding carboxylic acids is 2. The van der Waals surface area contributed by atoms with Crippen molar-refractivity contribution in [3.8, 4) is 0 Å². The smallest absolute Gasteiger partial charge is 0.341 e. The second-order valence-corrected chi connectivity index (χ2v) is 19.0. The molecule has 0 bridgehead atoms. The number of hydrogen-bond acceptors (Lipinski definition) is 8. The summed E-state index contributed by atoms with van der Waals surface area (Å²) in [7, 11) is -6.58. The number of Topliss-reactive ketones (excluding diaryl/α,β-unsaturated/α-hetero) is 1. The zero-order chi connectivity index (χ0) is 34.3. The summed E-state index contributed by atoms with van der Waals surface area (Å²) in [6.07, 6.45) is -1.22. The van der Waals surface area contributed by atoms with Gasteiger partial charge >= 0.3 is 13.6 Å². The lowest BCUT2D eigenvalue weighted by Gasteiger charge is -2.44. The van der Waals surface area contributed by atoms with E-state index in [4.69, 9.17) is 22.9 Å². The van der Waals surface area contributed by atoms with Crippen LogP contribution >= 0.6 is 7.60 Å². The van der Waals surface area contributed by atoms with Crippen molar-refractivity contribution >= 4 is 38.0 Å². The van der Waals surface area contributed by atoms with E-state index in [1.54, 1.807) is 13.8 Å². The Hall–Kier alpha value is -2.91. The summed E-state index contributed by atoms with van der Waals surface area (Å²) in [4.78, 5) is 26.4. The van der Waals surface area contributed by atoms with Gasteiger partial charge in [0.2, 0.25) is 0 Å². The molecule has 0 aliphatic rings. The van der Waals surface area contributed by atoms with Crippen LogP contribution in [0.2, 0.25) is 5.04 Å². The fraction of sp³-hybridized carbons (Fsp3) is 0.459. The molecule has 0 heterocycles. The van der Waals surface area contributed by atoms with E-state index in [2.05, 4.69) is 45.0 Å². The molecule has 0 unspecified atom stereocenters. The minimum Gasteiger partial charge on any atom is -0.461 e. The Morgan fingerprint density at radius 3 is 1.81 bits per heavy atom.